The van der Waals surface area contributed by atoms with Gasteiger partial charge in [-0.1, -0.05) is 36.4 Å². The Kier molecular flexibility index (Phi) is 3.22. The molecule has 1 aliphatic carbocycles. The molecule has 0 spiro atoms. The van der Waals surface area contributed by atoms with Gasteiger partial charge in [0.1, 0.15) is 5.83 Å². The average molecular weight is 256 g/mol. The van der Waals surface area contributed by atoms with E-state index < -0.39 is 0 Å². The van der Waals surface area contributed by atoms with Crippen molar-refractivity contribution in [2.45, 2.75) is 19.4 Å². The second-order valence-electron chi connectivity index (χ2n) is 4.92. The van der Waals surface area contributed by atoms with Crippen molar-refractivity contribution >= 4 is 0 Å². The standard InChI is InChI=1S/C16H17FN2/c1-12-15-11-14(17)7-8-16(15)18-19(12)10-9-13-5-3-2-4-6-13/h2-8,11,16,18H,9-10H2,1H3. The highest BCUT2D eigenvalue weighted by atomic mass is 19.1. The van der Waals surface area contributed by atoms with E-state index in [1.54, 1.807) is 6.08 Å². The predicted molar refractivity (Wildman–Crippen MR) is 74.8 cm³/mol. The van der Waals surface area contributed by atoms with Gasteiger partial charge in [-0.3, -0.25) is 0 Å². The van der Waals surface area contributed by atoms with Crippen LogP contribution < -0.4 is 5.43 Å². The van der Waals surface area contributed by atoms with E-state index in [-0.39, 0.29) is 11.9 Å². The summed E-state index contributed by atoms with van der Waals surface area (Å²) in [6, 6.07) is 10.5. The molecule has 0 saturated heterocycles. The molecule has 1 N–H and O–H groups in total. The van der Waals surface area contributed by atoms with E-state index in [2.05, 4.69) is 34.7 Å². The molecule has 3 heteroatoms. The van der Waals surface area contributed by atoms with Gasteiger partial charge in [0.05, 0.1) is 6.04 Å². The Balaban J connectivity index is 1.70. The van der Waals surface area contributed by atoms with E-state index in [1.807, 2.05) is 19.1 Å². The van der Waals surface area contributed by atoms with Gasteiger partial charge in [0.25, 0.3) is 0 Å². The number of hydrogen-bond acceptors (Lipinski definition) is 2. The van der Waals surface area contributed by atoms with Crippen LogP contribution in [0.2, 0.25) is 0 Å². The third-order valence-corrected chi connectivity index (χ3v) is 3.66. The van der Waals surface area contributed by atoms with Crippen LogP contribution in [-0.2, 0) is 6.42 Å². The summed E-state index contributed by atoms with van der Waals surface area (Å²) >= 11 is 0. The van der Waals surface area contributed by atoms with Crippen molar-refractivity contribution in [3.8, 4) is 0 Å². The molecule has 1 aromatic rings. The monoisotopic (exact) mass is 256 g/mol. The van der Waals surface area contributed by atoms with Gasteiger partial charge in [-0.05, 0) is 36.6 Å². The van der Waals surface area contributed by atoms with Crippen molar-refractivity contribution in [3.05, 3.63) is 71.2 Å². The Morgan fingerprint density at radius 1 is 1.26 bits per heavy atom. The van der Waals surface area contributed by atoms with Gasteiger partial charge >= 0.3 is 0 Å². The molecular formula is C16H17FN2. The lowest BCUT2D eigenvalue weighted by atomic mass is 10.0. The van der Waals surface area contributed by atoms with Crippen LogP contribution in [0.15, 0.2) is 65.7 Å². The molecule has 98 valence electrons. The summed E-state index contributed by atoms with van der Waals surface area (Å²) in [4.78, 5) is 0. The minimum absolute atomic E-state index is 0.121. The Morgan fingerprint density at radius 3 is 2.84 bits per heavy atom. The van der Waals surface area contributed by atoms with Crippen LogP contribution >= 0.6 is 0 Å². The zero-order chi connectivity index (χ0) is 13.2. The fraction of sp³-hybridized carbons (Fsp3) is 0.250. The summed E-state index contributed by atoms with van der Waals surface area (Å²) in [5.74, 6) is -0.169. The number of nitrogens with one attached hydrogen (secondary N) is 1. The summed E-state index contributed by atoms with van der Waals surface area (Å²) in [6.45, 7) is 2.93. The van der Waals surface area contributed by atoms with Gasteiger partial charge in [0.2, 0.25) is 0 Å². The summed E-state index contributed by atoms with van der Waals surface area (Å²) in [5, 5.41) is 2.12. The van der Waals surface area contributed by atoms with Gasteiger partial charge in [0.15, 0.2) is 0 Å². The smallest absolute Gasteiger partial charge is 0.123 e. The quantitative estimate of drug-likeness (QED) is 0.894. The van der Waals surface area contributed by atoms with Gasteiger partial charge in [0, 0.05) is 12.2 Å². The molecular weight excluding hydrogens is 239 g/mol. The van der Waals surface area contributed by atoms with Crippen LogP contribution in [0.25, 0.3) is 0 Å². The van der Waals surface area contributed by atoms with Crippen LogP contribution in [-0.4, -0.2) is 17.6 Å². The first-order chi connectivity index (χ1) is 9.24. The van der Waals surface area contributed by atoms with Gasteiger partial charge in [-0.2, -0.15) is 0 Å². The number of rotatable bonds is 3. The summed E-state index contributed by atoms with van der Waals surface area (Å²) in [7, 11) is 0. The van der Waals surface area contributed by atoms with Crippen LogP contribution in [0.3, 0.4) is 0 Å². The Morgan fingerprint density at radius 2 is 2.05 bits per heavy atom. The van der Waals surface area contributed by atoms with Crippen LogP contribution in [0.5, 0.6) is 0 Å². The maximum atomic E-state index is 13.3. The summed E-state index contributed by atoms with van der Waals surface area (Å²) in [5.41, 5.74) is 6.86. The number of allylic oxidation sites excluding steroid dienone is 3. The number of nitrogens with zero attached hydrogens (tertiary/aromatic N) is 1. The molecule has 1 heterocycles. The molecule has 1 unspecified atom stereocenters. The first-order valence-electron chi connectivity index (χ1n) is 6.58. The lowest BCUT2D eigenvalue weighted by molar-refractivity contribution is 0.270. The third kappa shape index (κ3) is 2.47. The van der Waals surface area contributed by atoms with Gasteiger partial charge in [-0.15, -0.1) is 0 Å². The third-order valence-electron chi connectivity index (χ3n) is 3.66. The molecule has 3 rings (SSSR count). The fourth-order valence-electron chi connectivity index (χ4n) is 2.56. The first kappa shape index (κ1) is 12.2. The molecule has 1 aliphatic heterocycles. The Labute approximate surface area is 112 Å². The Bertz CT molecular complexity index is 557. The number of fused-ring (bicyclic) bond motifs is 1. The van der Waals surface area contributed by atoms with Crippen molar-refractivity contribution in [2.75, 3.05) is 6.54 Å². The Hall–Kier alpha value is -1.87. The zero-order valence-corrected chi connectivity index (χ0v) is 10.9. The van der Waals surface area contributed by atoms with Crippen LogP contribution in [0.4, 0.5) is 4.39 Å². The van der Waals surface area contributed by atoms with Crippen molar-refractivity contribution in [1.29, 1.82) is 0 Å². The summed E-state index contributed by atoms with van der Waals surface area (Å²) in [6.07, 6.45) is 5.99. The first-order valence-corrected chi connectivity index (χ1v) is 6.58. The molecule has 2 aliphatic rings. The van der Waals surface area contributed by atoms with E-state index in [9.17, 15) is 4.39 Å². The van der Waals surface area contributed by atoms with E-state index in [0.29, 0.717) is 0 Å². The van der Waals surface area contributed by atoms with E-state index >= 15 is 0 Å². The molecule has 2 nitrogen and oxygen atoms in total. The van der Waals surface area contributed by atoms with Crippen molar-refractivity contribution in [3.63, 3.8) is 0 Å². The second kappa shape index (κ2) is 5.02. The molecule has 1 atom stereocenters. The zero-order valence-electron chi connectivity index (χ0n) is 10.9. The minimum Gasteiger partial charge on any atom is -0.311 e. The molecule has 0 saturated carbocycles. The minimum atomic E-state index is -0.169. The number of benzene rings is 1. The predicted octanol–water partition coefficient (Wildman–Crippen LogP) is 3.12. The SMILES string of the molecule is CC1=C2C=C(F)C=CC2NN1CCc1ccccc1. The van der Waals surface area contributed by atoms with Crippen molar-refractivity contribution in [2.24, 2.45) is 0 Å². The van der Waals surface area contributed by atoms with E-state index in [1.165, 1.54) is 11.6 Å². The van der Waals surface area contributed by atoms with Gasteiger partial charge < -0.3 is 5.01 Å². The average Bonchev–Trinajstić information content (AvgIpc) is 2.74. The molecule has 0 radical (unpaired) electrons. The van der Waals surface area contributed by atoms with Crippen molar-refractivity contribution < 1.29 is 4.39 Å². The highest BCUT2D eigenvalue weighted by molar-refractivity contribution is 5.43. The summed E-state index contributed by atoms with van der Waals surface area (Å²) < 4.78 is 13.3. The number of hydrazine groups is 1. The molecule has 0 bridgehead atoms. The van der Waals surface area contributed by atoms with E-state index in [0.717, 1.165) is 24.2 Å². The van der Waals surface area contributed by atoms with Crippen molar-refractivity contribution in [1.82, 2.24) is 10.4 Å². The van der Waals surface area contributed by atoms with E-state index in [4.69, 9.17) is 0 Å². The molecule has 1 aromatic carbocycles. The number of halogens is 1. The lowest BCUT2D eigenvalue weighted by Crippen LogP contribution is -2.37. The maximum absolute atomic E-state index is 13.3. The van der Waals surface area contributed by atoms with Crippen LogP contribution in [0.1, 0.15) is 12.5 Å². The van der Waals surface area contributed by atoms with Crippen LogP contribution in [0, 0.1) is 0 Å². The normalized spacial score (nSPS) is 21.7. The van der Waals surface area contributed by atoms with Gasteiger partial charge in [-0.25, -0.2) is 9.82 Å². The topological polar surface area (TPSA) is 15.3 Å². The largest absolute Gasteiger partial charge is 0.311 e. The molecule has 19 heavy (non-hydrogen) atoms. The molecule has 0 fully saturated rings. The highest BCUT2D eigenvalue weighted by Crippen LogP contribution is 2.27. The fourth-order valence-corrected chi connectivity index (χ4v) is 2.56. The molecule has 0 amide bonds. The second-order valence-corrected chi connectivity index (χ2v) is 4.92. The molecule has 0 aromatic heterocycles. The highest BCUT2D eigenvalue weighted by Gasteiger charge is 2.27. The number of hydrogen-bond donors (Lipinski definition) is 1. The lowest BCUT2D eigenvalue weighted by Gasteiger charge is -2.21. The maximum Gasteiger partial charge on any atom is 0.123 e.